The van der Waals surface area contributed by atoms with Gasteiger partial charge in [0.25, 0.3) is 0 Å². The summed E-state index contributed by atoms with van der Waals surface area (Å²) in [6, 6.07) is 14.1. The Balaban J connectivity index is 2.01. The molecule has 0 atom stereocenters. The fourth-order valence-electron chi connectivity index (χ4n) is 3.66. The summed E-state index contributed by atoms with van der Waals surface area (Å²) in [6.07, 6.45) is -4.82. The second kappa shape index (κ2) is 7.14. The van der Waals surface area contributed by atoms with Crippen LogP contribution < -0.4 is 5.73 Å². The van der Waals surface area contributed by atoms with Gasteiger partial charge in [-0.1, -0.05) is 18.2 Å². The number of carbonyl (C=O) groups is 1. The molecule has 153 valence electrons. The molecule has 4 aromatic rings. The van der Waals surface area contributed by atoms with Crippen molar-refractivity contribution < 1.29 is 27.5 Å². The van der Waals surface area contributed by atoms with E-state index in [9.17, 15) is 27.5 Å². The zero-order valence-corrected chi connectivity index (χ0v) is 15.4. The monoisotopic (exact) mass is 415 g/mol. The molecular formula is C22H15F4N2O2. The summed E-state index contributed by atoms with van der Waals surface area (Å²) in [4.78, 5) is 11.9. The number of amides is 1. The highest BCUT2D eigenvalue weighted by atomic mass is 19.4. The van der Waals surface area contributed by atoms with Crippen LogP contribution in [0.4, 0.5) is 17.6 Å². The van der Waals surface area contributed by atoms with Crippen LogP contribution in [0.2, 0.25) is 0 Å². The Kier molecular flexibility index (Phi) is 4.74. The number of primary amides is 1. The van der Waals surface area contributed by atoms with Gasteiger partial charge in [0.2, 0.25) is 5.91 Å². The zero-order chi connectivity index (χ0) is 21.6. The lowest BCUT2D eigenvalue weighted by Crippen LogP contribution is -2.12. The van der Waals surface area contributed by atoms with Gasteiger partial charge < -0.3 is 15.4 Å². The quantitative estimate of drug-likeness (QED) is 0.486. The summed E-state index contributed by atoms with van der Waals surface area (Å²) < 4.78 is 55.6. The molecule has 0 saturated heterocycles. The average molecular weight is 415 g/mol. The van der Waals surface area contributed by atoms with Crippen molar-refractivity contribution in [2.24, 2.45) is 5.73 Å². The smallest absolute Gasteiger partial charge is 0.392 e. The van der Waals surface area contributed by atoms with Gasteiger partial charge in [-0.3, -0.25) is 4.79 Å². The van der Waals surface area contributed by atoms with Crippen molar-refractivity contribution in [3.8, 4) is 0 Å². The number of aliphatic hydroxyl groups is 1. The van der Waals surface area contributed by atoms with Crippen LogP contribution in [0, 0.1) is 11.9 Å². The Labute approximate surface area is 168 Å². The molecule has 1 heterocycles. The largest absolute Gasteiger partial charge is 0.419 e. The Bertz CT molecular complexity index is 1290. The van der Waals surface area contributed by atoms with Crippen molar-refractivity contribution in [2.45, 2.75) is 19.3 Å². The summed E-state index contributed by atoms with van der Waals surface area (Å²) in [5.74, 6) is -2.03. The van der Waals surface area contributed by atoms with Gasteiger partial charge in [-0.25, -0.2) is 4.39 Å². The molecule has 3 N–H and O–H groups in total. The molecule has 0 bridgehead atoms. The average Bonchev–Trinajstić information content (AvgIpc) is 3.01. The van der Waals surface area contributed by atoms with Gasteiger partial charge in [0.15, 0.2) is 0 Å². The first-order chi connectivity index (χ1) is 14.2. The standard InChI is InChI=1S/C22H15F4N2O2/c23-20-13(3-1-5-16(20)22(24,25)26)10-28-17-6-2-4-15(21(27)30)19(17)14-8-7-12(11-29)9-18(14)28/h1-7,9,29H,10-11H2,(H2,27,30). The van der Waals surface area contributed by atoms with E-state index in [0.29, 0.717) is 33.4 Å². The minimum Gasteiger partial charge on any atom is -0.392 e. The summed E-state index contributed by atoms with van der Waals surface area (Å²) in [5.41, 5.74) is 5.69. The fraction of sp³-hybridized carbons (Fsp3) is 0.136. The number of aliphatic hydroxyl groups excluding tert-OH is 1. The van der Waals surface area contributed by atoms with Gasteiger partial charge in [0.1, 0.15) is 5.82 Å². The van der Waals surface area contributed by atoms with E-state index in [-0.39, 0.29) is 24.3 Å². The lowest BCUT2D eigenvalue weighted by atomic mass is 10.0. The number of fused-ring (bicyclic) bond motifs is 3. The predicted octanol–water partition coefficient (Wildman–Crippen LogP) is 4.39. The topological polar surface area (TPSA) is 68.2 Å². The SMILES string of the molecule is NC(=O)c1cccc2c1c1[c]cc(CO)cc1n2Cc1cccc(C(F)(F)F)c1F. The maximum Gasteiger partial charge on any atom is 0.419 e. The van der Waals surface area contributed by atoms with Gasteiger partial charge in [0.05, 0.1) is 29.7 Å². The van der Waals surface area contributed by atoms with Crippen molar-refractivity contribution in [2.75, 3.05) is 0 Å². The van der Waals surface area contributed by atoms with E-state index in [1.54, 1.807) is 28.8 Å². The number of halogens is 4. The predicted molar refractivity (Wildman–Crippen MR) is 103 cm³/mol. The molecule has 1 amide bonds. The molecule has 1 radical (unpaired) electrons. The van der Waals surface area contributed by atoms with Crippen LogP contribution in [0.3, 0.4) is 0 Å². The third kappa shape index (κ3) is 3.19. The number of benzene rings is 3. The maximum absolute atomic E-state index is 14.7. The number of nitrogens with zero attached hydrogens (tertiary/aromatic N) is 1. The lowest BCUT2D eigenvalue weighted by molar-refractivity contribution is -0.140. The van der Waals surface area contributed by atoms with E-state index < -0.39 is 23.5 Å². The van der Waals surface area contributed by atoms with Crippen LogP contribution in [0.5, 0.6) is 0 Å². The highest BCUT2D eigenvalue weighted by molar-refractivity contribution is 6.17. The molecule has 3 aromatic carbocycles. The van der Waals surface area contributed by atoms with Gasteiger partial charge in [0, 0.05) is 21.9 Å². The number of aromatic nitrogens is 1. The molecule has 30 heavy (non-hydrogen) atoms. The molecule has 1 aromatic heterocycles. The van der Waals surface area contributed by atoms with Crippen molar-refractivity contribution in [1.29, 1.82) is 0 Å². The minimum atomic E-state index is -4.82. The second-order valence-electron chi connectivity index (χ2n) is 6.85. The highest BCUT2D eigenvalue weighted by Crippen LogP contribution is 2.35. The van der Waals surface area contributed by atoms with E-state index in [1.165, 1.54) is 12.1 Å². The van der Waals surface area contributed by atoms with E-state index in [4.69, 9.17) is 5.73 Å². The minimum absolute atomic E-state index is 0.164. The Morgan fingerprint density at radius 3 is 2.53 bits per heavy atom. The number of hydrogen-bond donors (Lipinski definition) is 2. The molecule has 0 aliphatic heterocycles. The molecule has 8 heteroatoms. The van der Waals surface area contributed by atoms with E-state index >= 15 is 0 Å². The van der Waals surface area contributed by atoms with Gasteiger partial charge in [-0.15, -0.1) is 0 Å². The lowest BCUT2D eigenvalue weighted by Gasteiger charge is -2.13. The van der Waals surface area contributed by atoms with Crippen LogP contribution in [-0.4, -0.2) is 15.6 Å². The normalized spacial score (nSPS) is 12.0. The van der Waals surface area contributed by atoms with Gasteiger partial charge in [-0.05, 0) is 42.0 Å². The summed E-state index contributed by atoms with van der Waals surface area (Å²) in [5, 5.41) is 10.5. The van der Waals surface area contributed by atoms with Crippen molar-refractivity contribution in [3.63, 3.8) is 0 Å². The Morgan fingerprint density at radius 1 is 1.13 bits per heavy atom. The molecule has 0 unspecified atom stereocenters. The molecule has 0 aliphatic carbocycles. The molecule has 0 spiro atoms. The van der Waals surface area contributed by atoms with E-state index in [2.05, 4.69) is 6.07 Å². The number of carbonyl (C=O) groups excluding carboxylic acids is 1. The molecular weight excluding hydrogens is 400 g/mol. The Hall–Kier alpha value is -3.39. The number of hydrogen-bond acceptors (Lipinski definition) is 2. The first-order valence-corrected chi connectivity index (χ1v) is 8.93. The molecule has 0 saturated carbocycles. The first-order valence-electron chi connectivity index (χ1n) is 8.93. The Morgan fingerprint density at radius 2 is 1.87 bits per heavy atom. The maximum atomic E-state index is 14.7. The summed E-state index contributed by atoms with van der Waals surface area (Å²) in [6.45, 7) is -0.505. The van der Waals surface area contributed by atoms with Crippen LogP contribution in [0.1, 0.15) is 27.0 Å². The molecule has 0 aliphatic rings. The van der Waals surface area contributed by atoms with Crippen LogP contribution in [0.25, 0.3) is 21.8 Å². The van der Waals surface area contributed by atoms with E-state index in [1.807, 2.05) is 0 Å². The summed E-state index contributed by atoms with van der Waals surface area (Å²) in [7, 11) is 0. The highest BCUT2D eigenvalue weighted by Gasteiger charge is 2.34. The zero-order valence-electron chi connectivity index (χ0n) is 15.4. The van der Waals surface area contributed by atoms with Crippen molar-refractivity contribution in [1.82, 2.24) is 4.57 Å². The first kappa shape index (κ1) is 19.9. The third-order valence-corrected chi connectivity index (χ3v) is 5.01. The molecule has 4 nitrogen and oxygen atoms in total. The number of nitrogens with two attached hydrogens (primary N) is 1. The van der Waals surface area contributed by atoms with E-state index in [0.717, 1.165) is 6.07 Å². The van der Waals surface area contributed by atoms with Gasteiger partial charge in [-0.2, -0.15) is 13.2 Å². The van der Waals surface area contributed by atoms with Crippen molar-refractivity contribution >= 4 is 27.7 Å². The summed E-state index contributed by atoms with van der Waals surface area (Å²) >= 11 is 0. The molecule has 4 rings (SSSR count). The molecule has 0 fully saturated rings. The second-order valence-corrected chi connectivity index (χ2v) is 6.85. The third-order valence-electron chi connectivity index (χ3n) is 5.01. The van der Waals surface area contributed by atoms with Crippen molar-refractivity contribution in [3.05, 3.63) is 82.7 Å². The number of alkyl halides is 3. The fourth-order valence-corrected chi connectivity index (χ4v) is 3.66. The van der Waals surface area contributed by atoms with Crippen LogP contribution in [-0.2, 0) is 19.3 Å². The van der Waals surface area contributed by atoms with Crippen LogP contribution >= 0.6 is 0 Å². The number of rotatable bonds is 4. The van der Waals surface area contributed by atoms with Gasteiger partial charge >= 0.3 is 6.18 Å². The van der Waals surface area contributed by atoms with Crippen LogP contribution in [0.15, 0.2) is 48.5 Å².